The van der Waals surface area contributed by atoms with E-state index in [1.54, 1.807) is 0 Å². The molecule has 2 aromatic carbocycles. The number of carbonyl (C=O) groups is 1. The molecule has 2 aromatic heterocycles. The second-order valence-corrected chi connectivity index (χ2v) is 8.96. The van der Waals surface area contributed by atoms with E-state index in [0.29, 0.717) is 18.9 Å². The van der Waals surface area contributed by atoms with Crippen LogP contribution in [0.4, 0.5) is 0 Å². The van der Waals surface area contributed by atoms with Crippen LogP contribution in [0.15, 0.2) is 60.8 Å². The van der Waals surface area contributed by atoms with Gasteiger partial charge in [-0.25, -0.2) is 0 Å². The quantitative estimate of drug-likeness (QED) is 0.409. The predicted octanol–water partition coefficient (Wildman–Crippen LogP) is 5.13. The lowest BCUT2D eigenvalue weighted by molar-refractivity contribution is -0.120. The monoisotopic (exact) mass is 428 g/mol. The molecule has 32 heavy (non-hydrogen) atoms. The van der Waals surface area contributed by atoms with Gasteiger partial charge in [0.25, 0.3) is 0 Å². The van der Waals surface area contributed by atoms with Crippen LogP contribution in [0, 0.1) is 19.8 Å². The van der Waals surface area contributed by atoms with Gasteiger partial charge in [-0.15, -0.1) is 0 Å². The van der Waals surface area contributed by atoms with Gasteiger partial charge in [0.2, 0.25) is 5.91 Å². The molecular weight excluding hydrogens is 396 g/mol. The van der Waals surface area contributed by atoms with Gasteiger partial charge in [-0.1, -0.05) is 62.4 Å². The molecule has 0 saturated carbocycles. The number of H-pyrrole nitrogens is 1. The summed E-state index contributed by atoms with van der Waals surface area (Å²) in [6.45, 7) is 9.82. The van der Waals surface area contributed by atoms with Gasteiger partial charge in [-0.2, -0.15) is 5.10 Å². The molecule has 5 nitrogen and oxygen atoms in total. The maximum atomic E-state index is 13.0. The lowest BCUT2D eigenvalue weighted by Crippen LogP contribution is -2.30. The zero-order valence-electron chi connectivity index (χ0n) is 19.4. The molecule has 0 saturated heterocycles. The van der Waals surface area contributed by atoms with Crippen molar-refractivity contribution in [1.82, 2.24) is 20.1 Å². The molecule has 2 heterocycles. The molecule has 0 aliphatic heterocycles. The van der Waals surface area contributed by atoms with E-state index in [1.807, 2.05) is 23.7 Å². The van der Waals surface area contributed by atoms with Crippen LogP contribution in [0.5, 0.6) is 0 Å². The Labute approximate surface area is 189 Å². The Morgan fingerprint density at radius 3 is 2.53 bits per heavy atom. The van der Waals surface area contributed by atoms with Crippen molar-refractivity contribution in [2.45, 2.75) is 46.6 Å². The standard InChI is InChI=1S/C27H32N4O/c1-18(2)17-31-20(4)23(19(3)30-31)14-27(32)29-15-24(21-10-6-5-7-11-21)25-16-28-26-13-9-8-12-22(25)26/h5-13,16,18,24,28H,14-15,17H2,1-4H3,(H,29,32). The van der Waals surface area contributed by atoms with Crippen LogP contribution in [0.3, 0.4) is 0 Å². The molecule has 1 unspecified atom stereocenters. The van der Waals surface area contributed by atoms with Crippen molar-refractivity contribution in [1.29, 1.82) is 0 Å². The normalized spacial score (nSPS) is 12.4. The molecular formula is C27H32N4O. The van der Waals surface area contributed by atoms with E-state index >= 15 is 0 Å². The molecule has 0 aliphatic carbocycles. The van der Waals surface area contributed by atoms with Crippen molar-refractivity contribution in [2.75, 3.05) is 6.54 Å². The fourth-order valence-corrected chi connectivity index (χ4v) is 4.43. The molecule has 0 fully saturated rings. The van der Waals surface area contributed by atoms with Gasteiger partial charge in [0.05, 0.1) is 12.1 Å². The van der Waals surface area contributed by atoms with Gasteiger partial charge < -0.3 is 10.3 Å². The van der Waals surface area contributed by atoms with Gasteiger partial charge in [-0.3, -0.25) is 9.48 Å². The summed E-state index contributed by atoms with van der Waals surface area (Å²) in [5, 5.41) is 9.04. The van der Waals surface area contributed by atoms with E-state index in [1.165, 1.54) is 16.5 Å². The van der Waals surface area contributed by atoms with E-state index in [0.717, 1.165) is 29.0 Å². The van der Waals surface area contributed by atoms with Crippen LogP contribution in [-0.4, -0.2) is 27.2 Å². The minimum Gasteiger partial charge on any atom is -0.361 e. The van der Waals surface area contributed by atoms with Crippen molar-refractivity contribution >= 4 is 16.8 Å². The highest BCUT2D eigenvalue weighted by Gasteiger charge is 2.20. The second-order valence-electron chi connectivity index (χ2n) is 8.96. The number of nitrogens with one attached hydrogen (secondary N) is 2. The van der Waals surface area contributed by atoms with E-state index in [-0.39, 0.29) is 11.8 Å². The number of benzene rings is 2. The number of hydrogen-bond donors (Lipinski definition) is 2. The number of carbonyl (C=O) groups excluding carboxylic acids is 1. The average Bonchev–Trinajstić information content (AvgIpc) is 3.31. The molecule has 166 valence electrons. The van der Waals surface area contributed by atoms with Crippen LogP contribution in [0.1, 0.15) is 47.8 Å². The maximum absolute atomic E-state index is 13.0. The van der Waals surface area contributed by atoms with E-state index in [9.17, 15) is 4.79 Å². The zero-order chi connectivity index (χ0) is 22.7. The van der Waals surface area contributed by atoms with Crippen LogP contribution >= 0.6 is 0 Å². The number of aromatic amines is 1. The van der Waals surface area contributed by atoms with E-state index < -0.39 is 0 Å². The van der Waals surface area contributed by atoms with E-state index in [4.69, 9.17) is 0 Å². The Morgan fingerprint density at radius 1 is 1.06 bits per heavy atom. The first-order valence-corrected chi connectivity index (χ1v) is 11.3. The molecule has 0 spiro atoms. The highest BCUT2D eigenvalue weighted by molar-refractivity contribution is 5.84. The first kappa shape index (κ1) is 21.9. The largest absolute Gasteiger partial charge is 0.361 e. The Hall–Kier alpha value is -3.34. The first-order chi connectivity index (χ1) is 15.4. The predicted molar refractivity (Wildman–Crippen MR) is 130 cm³/mol. The highest BCUT2D eigenvalue weighted by Crippen LogP contribution is 2.30. The number of para-hydroxylation sites is 1. The van der Waals surface area contributed by atoms with E-state index in [2.05, 4.69) is 84.8 Å². The smallest absolute Gasteiger partial charge is 0.224 e. The molecule has 0 aliphatic rings. The fourth-order valence-electron chi connectivity index (χ4n) is 4.43. The highest BCUT2D eigenvalue weighted by atomic mass is 16.1. The van der Waals surface area contributed by atoms with Crippen molar-refractivity contribution in [3.8, 4) is 0 Å². The number of hydrogen-bond acceptors (Lipinski definition) is 2. The summed E-state index contributed by atoms with van der Waals surface area (Å²) in [4.78, 5) is 16.3. The third-order valence-corrected chi connectivity index (χ3v) is 6.11. The number of nitrogens with zero attached hydrogens (tertiary/aromatic N) is 2. The number of amides is 1. The summed E-state index contributed by atoms with van der Waals surface area (Å²) in [6, 6.07) is 18.7. The molecule has 4 aromatic rings. The number of aromatic nitrogens is 3. The summed E-state index contributed by atoms with van der Waals surface area (Å²) in [5.41, 5.74) is 6.56. The van der Waals surface area contributed by atoms with Gasteiger partial charge in [0, 0.05) is 47.4 Å². The van der Waals surface area contributed by atoms with Crippen molar-refractivity contribution in [2.24, 2.45) is 5.92 Å². The SMILES string of the molecule is Cc1nn(CC(C)C)c(C)c1CC(=O)NCC(c1ccccc1)c1c[nH]c2ccccc12. The third kappa shape index (κ3) is 4.62. The fraction of sp³-hybridized carbons (Fsp3) is 0.333. The molecule has 5 heteroatoms. The Kier molecular flexibility index (Phi) is 6.45. The van der Waals surface area contributed by atoms with Gasteiger partial charge in [0.15, 0.2) is 0 Å². The first-order valence-electron chi connectivity index (χ1n) is 11.3. The minimum absolute atomic E-state index is 0.0288. The number of fused-ring (bicyclic) bond motifs is 1. The lowest BCUT2D eigenvalue weighted by Gasteiger charge is -2.18. The molecule has 1 atom stereocenters. The Bertz CT molecular complexity index is 1200. The summed E-state index contributed by atoms with van der Waals surface area (Å²) in [7, 11) is 0. The minimum atomic E-state index is 0.0288. The lowest BCUT2D eigenvalue weighted by atomic mass is 9.91. The summed E-state index contributed by atoms with van der Waals surface area (Å²) >= 11 is 0. The third-order valence-electron chi connectivity index (χ3n) is 6.11. The molecule has 0 radical (unpaired) electrons. The number of aryl methyl sites for hydroxylation is 1. The second kappa shape index (κ2) is 9.43. The molecule has 0 bridgehead atoms. The topological polar surface area (TPSA) is 62.7 Å². The van der Waals surface area contributed by atoms with Crippen LogP contribution in [-0.2, 0) is 17.8 Å². The van der Waals surface area contributed by atoms with Crippen LogP contribution in [0.2, 0.25) is 0 Å². The van der Waals surface area contributed by atoms with Gasteiger partial charge in [0.1, 0.15) is 0 Å². The summed E-state index contributed by atoms with van der Waals surface area (Å²) in [6.07, 6.45) is 2.42. The molecule has 1 amide bonds. The number of rotatable bonds is 8. The van der Waals surface area contributed by atoms with Crippen LogP contribution < -0.4 is 5.32 Å². The molecule has 2 N–H and O–H groups in total. The van der Waals surface area contributed by atoms with Crippen LogP contribution in [0.25, 0.3) is 10.9 Å². The summed E-state index contributed by atoms with van der Waals surface area (Å²) < 4.78 is 2.03. The molecule has 4 rings (SSSR count). The Balaban J connectivity index is 1.53. The van der Waals surface area contributed by atoms with Crippen molar-refractivity contribution in [3.05, 3.63) is 88.9 Å². The van der Waals surface area contributed by atoms with Gasteiger partial charge in [-0.05, 0) is 37.0 Å². The average molecular weight is 429 g/mol. The van der Waals surface area contributed by atoms with Gasteiger partial charge >= 0.3 is 0 Å². The maximum Gasteiger partial charge on any atom is 0.224 e. The Morgan fingerprint density at radius 2 is 1.78 bits per heavy atom. The van der Waals surface area contributed by atoms with Crippen molar-refractivity contribution in [3.63, 3.8) is 0 Å². The zero-order valence-corrected chi connectivity index (χ0v) is 19.4. The van der Waals surface area contributed by atoms with Crippen molar-refractivity contribution < 1.29 is 4.79 Å². The summed E-state index contributed by atoms with van der Waals surface area (Å²) in [5.74, 6) is 0.612.